The second-order valence-corrected chi connectivity index (χ2v) is 6.68. The van der Waals surface area contributed by atoms with Crippen LogP contribution in [0.5, 0.6) is 0 Å². The van der Waals surface area contributed by atoms with Crippen LogP contribution < -0.4 is 16.4 Å². The Morgan fingerprint density at radius 1 is 1.31 bits per heavy atom. The normalized spacial score (nSPS) is 23.2. The van der Waals surface area contributed by atoms with E-state index < -0.39 is 0 Å². The maximum atomic E-state index is 13.9. The van der Waals surface area contributed by atoms with E-state index in [1.54, 1.807) is 11.0 Å². The number of halogens is 2. The molecule has 0 aromatic heterocycles. The van der Waals surface area contributed by atoms with Crippen LogP contribution in [-0.4, -0.2) is 48.6 Å². The summed E-state index contributed by atoms with van der Waals surface area (Å²) >= 11 is 0. The first-order valence-electron chi connectivity index (χ1n) is 8.94. The summed E-state index contributed by atoms with van der Waals surface area (Å²) in [5.41, 5.74) is 6.09. The van der Waals surface area contributed by atoms with E-state index in [0.717, 1.165) is 30.8 Å². The van der Waals surface area contributed by atoms with Crippen LogP contribution in [0.1, 0.15) is 37.7 Å². The van der Waals surface area contributed by atoms with Gasteiger partial charge in [-0.25, -0.2) is 9.18 Å². The number of benzene rings is 1. The van der Waals surface area contributed by atoms with Gasteiger partial charge in [-0.05, 0) is 37.8 Å². The number of primary amides is 1. The Balaban J connectivity index is 0.00000243. The first kappa shape index (κ1) is 20.7. The van der Waals surface area contributed by atoms with Crippen molar-refractivity contribution >= 4 is 36.0 Å². The number of urea groups is 1. The number of nitrogens with one attached hydrogen (secondary N) is 2. The van der Waals surface area contributed by atoms with Crippen molar-refractivity contribution in [3.05, 3.63) is 35.6 Å². The number of carbonyl (C=O) groups is 1. The Labute approximate surface area is 170 Å². The molecule has 1 saturated heterocycles. The molecular formula is C18H27FIN5O. The molecule has 3 rings (SSSR count). The van der Waals surface area contributed by atoms with Crippen molar-refractivity contribution in [2.45, 2.75) is 44.2 Å². The smallest absolute Gasteiger partial charge is 0.314 e. The molecule has 0 bridgehead atoms. The Hall–Kier alpha value is -1.58. The molecule has 1 aromatic carbocycles. The van der Waals surface area contributed by atoms with Crippen LogP contribution in [0.4, 0.5) is 9.18 Å². The highest BCUT2D eigenvalue weighted by atomic mass is 127. The fraction of sp³-hybridized carbons (Fsp3) is 0.556. The summed E-state index contributed by atoms with van der Waals surface area (Å²) < 4.78 is 13.9. The van der Waals surface area contributed by atoms with E-state index >= 15 is 0 Å². The lowest BCUT2D eigenvalue weighted by Crippen LogP contribution is -2.51. The molecule has 6 nitrogen and oxygen atoms in total. The fourth-order valence-electron chi connectivity index (χ4n) is 3.38. The summed E-state index contributed by atoms with van der Waals surface area (Å²) in [4.78, 5) is 17.4. The first-order valence-corrected chi connectivity index (χ1v) is 8.94. The molecule has 2 unspecified atom stereocenters. The Morgan fingerprint density at radius 3 is 2.62 bits per heavy atom. The third kappa shape index (κ3) is 5.21. The lowest BCUT2D eigenvalue weighted by Gasteiger charge is -2.32. The number of rotatable bonds is 4. The van der Waals surface area contributed by atoms with Crippen molar-refractivity contribution in [1.29, 1.82) is 0 Å². The average molecular weight is 475 g/mol. The summed E-state index contributed by atoms with van der Waals surface area (Å²) in [5, 5.41) is 6.86. The summed E-state index contributed by atoms with van der Waals surface area (Å²) in [6.45, 7) is 3.98. The number of guanidine groups is 1. The summed E-state index contributed by atoms with van der Waals surface area (Å²) in [6, 6.07) is 7.07. The number of amides is 2. The molecule has 0 radical (unpaired) electrons. The van der Waals surface area contributed by atoms with Gasteiger partial charge in [0.15, 0.2) is 5.96 Å². The van der Waals surface area contributed by atoms with Crippen molar-refractivity contribution in [3.63, 3.8) is 0 Å². The average Bonchev–Trinajstić information content (AvgIpc) is 3.35. The van der Waals surface area contributed by atoms with Crippen molar-refractivity contribution in [3.8, 4) is 0 Å². The van der Waals surface area contributed by atoms with Crippen LogP contribution in [0.15, 0.2) is 29.3 Å². The van der Waals surface area contributed by atoms with E-state index in [0.29, 0.717) is 19.6 Å². The van der Waals surface area contributed by atoms with Gasteiger partial charge in [-0.2, -0.15) is 0 Å². The first-order chi connectivity index (χ1) is 12.1. The minimum absolute atomic E-state index is 0. The molecule has 1 saturated carbocycles. The van der Waals surface area contributed by atoms with Gasteiger partial charge < -0.3 is 21.3 Å². The number of hydrogen-bond donors (Lipinski definition) is 3. The molecule has 0 spiro atoms. The van der Waals surface area contributed by atoms with Crippen LogP contribution in [-0.2, 0) is 0 Å². The Morgan fingerprint density at radius 2 is 2.00 bits per heavy atom. The molecule has 1 aromatic rings. The predicted octanol–water partition coefficient (Wildman–Crippen LogP) is 2.40. The van der Waals surface area contributed by atoms with Gasteiger partial charge in [-0.1, -0.05) is 18.2 Å². The highest BCUT2D eigenvalue weighted by Gasteiger charge is 2.40. The predicted molar refractivity (Wildman–Crippen MR) is 111 cm³/mol. The topological polar surface area (TPSA) is 82.8 Å². The standard InChI is InChI=1S/C18H26FN5O.HI/c1-2-21-18(22-12-7-9-24(10-8-12)17(20)25)23-16-11-14(16)13-5-3-4-6-15(13)19;/h3-6,12,14,16H,2,7-11H2,1H3,(H2,20,25)(H2,21,22,23);1H. The van der Waals surface area contributed by atoms with Crippen molar-refractivity contribution < 1.29 is 9.18 Å². The van der Waals surface area contributed by atoms with Gasteiger partial charge in [0.1, 0.15) is 5.82 Å². The maximum Gasteiger partial charge on any atom is 0.314 e. The highest BCUT2D eigenvalue weighted by molar-refractivity contribution is 14.0. The molecule has 2 amide bonds. The second kappa shape index (κ2) is 9.38. The molecule has 8 heteroatoms. The quantitative estimate of drug-likeness (QED) is 0.356. The third-order valence-corrected chi connectivity index (χ3v) is 4.88. The molecule has 1 heterocycles. The molecule has 144 valence electrons. The van der Waals surface area contributed by atoms with E-state index in [1.807, 2.05) is 19.1 Å². The van der Waals surface area contributed by atoms with Crippen LogP contribution in [0.25, 0.3) is 0 Å². The summed E-state index contributed by atoms with van der Waals surface area (Å²) in [6.07, 6.45) is 2.59. The van der Waals surface area contributed by atoms with Crippen LogP contribution in [0, 0.1) is 5.82 Å². The van der Waals surface area contributed by atoms with Crippen molar-refractivity contribution in [1.82, 2.24) is 15.5 Å². The molecule has 26 heavy (non-hydrogen) atoms. The number of carbonyl (C=O) groups excluding carboxylic acids is 1. The van der Waals surface area contributed by atoms with Gasteiger partial charge in [0, 0.05) is 37.6 Å². The number of nitrogens with two attached hydrogens (primary N) is 1. The minimum Gasteiger partial charge on any atom is -0.354 e. The van der Waals surface area contributed by atoms with Gasteiger partial charge in [0.05, 0.1) is 0 Å². The SMILES string of the molecule is CCN=C(NC1CCN(C(N)=O)CC1)NC1CC1c1ccccc1F.I. The van der Waals surface area contributed by atoms with Gasteiger partial charge in [0.2, 0.25) is 0 Å². The largest absolute Gasteiger partial charge is 0.354 e. The van der Waals surface area contributed by atoms with E-state index in [4.69, 9.17) is 5.73 Å². The van der Waals surface area contributed by atoms with Crippen LogP contribution >= 0.6 is 24.0 Å². The molecule has 1 aliphatic heterocycles. The second-order valence-electron chi connectivity index (χ2n) is 6.68. The molecule has 4 N–H and O–H groups in total. The van der Waals surface area contributed by atoms with Gasteiger partial charge in [-0.15, -0.1) is 24.0 Å². The number of likely N-dealkylation sites (tertiary alicyclic amines) is 1. The molecule has 1 aliphatic carbocycles. The lowest BCUT2D eigenvalue weighted by atomic mass is 10.1. The number of nitrogens with zero attached hydrogens (tertiary/aromatic N) is 2. The Kier molecular flexibility index (Phi) is 7.48. The van der Waals surface area contributed by atoms with Gasteiger partial charge in [-0.3, -0.25) is 4.99 Å². The Bertz CT molecular complexity index is 648. The van der Waals surface area contributed by atoms with Gasteiger partial charge in [0.25, 0.3) is 0 Å². The molecular weight excluding hydrogens is 448 g/mol. The van der Waals surface area contributed by atoms with E-state index in [-0.39, 0.29) is 53.8 Å². The number of piperidine rings is 1. The van der Waals surface area contributed by atoms with Gasteiger partial charge >= 0.3 is 6.03 Å². The van der Waals surface area contributed by atoms with Crippen LogP contribution in [0.2, 0.25) is 0 Å². The molecule has 2 aliphatic rings. The lowest BCUT2D eigenvalue weighted by molar-refractivity contribution is 0.188. The minimum atomic E-state index is -0.357. The summed E-state index contributed by atoms with van der Waals surface area (Å²) in [5.74, 6) is 0.822. The fourth-order valence-corrected chi connectivity index (χ4v) is 3.38. The van der Waals surface area contributed by atoms with Crippen LogP contribution in [0.3, 0.4) is 0 Å². The van der Waals surface area contributed by atoms with E-state index in [1.165, 1.54) is 6.07 Å². The zero-order valence-electron chi connectivity index (χ0n) is 15.0. The molecule has 2 fully saturated rings. The monoisotopic (exact) mass is 475 g/mol. The number of hydrogen-bond acceptors (Lipinski definition) is 2. The molecule has 2 atom stereocenters. The van der Waals surface area contributed by atoms with E-state index in [9.17, 15) is 9.18 Å². The van der Waals surface area contributed by atoms with E-state index in [2.05, 4.69) is 15.6 Å². The van der Waals surface area contributed by atoms with Crippen molar-refractivity contribution in [2.75, 3.05) is 19.6 Å². The highest BCUT2D eigenvalue weighted by Crippen LogP contribution is 2.41. The summed E-state index contributed by atoms with van der Waals surface area (Å²) in [7, 11) is 0. The number of aliphatic imine (C=N–C) groups is 1. The zero-order chi connectivity index (χ0) is 17.8. The van der Waals surface area contributed by atoms with Crippen molar-refractivity contribution in [2.24, 2.45) is 10.7 Å². The maximum absolute atomic E-state index is 13.9. The zero-order valence-corrected chi connectivity index (χ0v) is 17.3. The third-order valence-electron chi connectivity index (χ3n) is 4.88.